The van der Waals surface area contributed by atoms with Crippen LogP contribution in [0, 0.1) is 6.92 Å². The van der Waals surface area contributed by atoms with Gasteiger partial charge in [-0.05, 0) is 66.7 Å². The Morgan fingerprint density at radius 2 is 2.21 bits per heavy atom. The summed E-state index contributed by atoms with van der Waals surface area (Å²) in [4.78, 5) is 7.18. The van der Waals surface area contributed by atoms with Gasteiger partial charge in [0.1, 0.15) is 0 Å². The number of H-pyrrole nitrogens is 1. The van der Waals surface area contributed by atoms with Gasteiger partial charge >= 0.3 is 0 Å². The molecule has 8 heteroatoms. The Bertz CT molecular complexity index is 763. The third-order valence-electron chi connectivity index (χ3n) is 4.87. The molecule has 3 rings (SSSR count). The first-order valence-electron chi connectivity index (χ1n) is 9.70. The van der Waals surface area contributed by atoms with E-state index in [-0.39, 0.29) is 24.0 Å². The predicted octanol–water partition coefficient (Wildman–Crippen LogP) is 3.87. The number of anilines is 1. The molecule has 1 aromatic heterocycles. The van der Waals surface area contributed by atoms with Gasteiger partial charge in [0.05, 0.1) is 11.9 Å². The lowest BCUT2D eigenvalue weighted by atomic mass is 10.1. The van der Waals surface area contributed by atoms with Crippen molar-refractivity contribution in [3.8, 4) is 0 Å². The van der Waals surface area contributed by atoms with Gasteiger partial charge in [0, 0.05) is 42.4 Å². The SMILES string of the molecule is CCNC(=NCCCc1cn[nH]c1C)NC1CCN(c2ccccc2Br)C1.I. The van der Waals surface area contributed by atoms with E-state index >= 15 is 0 Å². The van der Waals surface area contributed by atoms with E-state index in [1.807, 2.05) is 6.20 Å². The number of nitrogens with zero attached hydrogens (tertiary/aromatic N) is 3. The van der Waals surface area contributed by atoms with Crippen molar-refractivity contribution in [2.75, 3.05) is 31.1 Å². The molecule has 1 aliphatic rings. The number of guanidine groups is 1. The number of hydrogen-bond donors (Lipinski definition) is 3. The summed E-state index contributed by atoms with van der Waals surface area (Å²) in [6.07, 6.45) is 5.05. The second-order valence-electron chi connectivity index (χ2n) is 6.91. The average Bonchev–Trinajstić information content (AvgIpc) is 3.28. The van der Waals surface area contributed by atoms with Crippen LogP contribution in [0.3, 0.4) is 0 Å². The molecule has 154 valence electrons. The van der Waals surface area contributed by atoms with Gasteiger partial charge < -0.3 is 15.5 Å². The summed E-state index contributed by atoms with van der Waals surface area (Å²) in [6, 6.07) is 8.83. The second kappa shape index (κ2) is 11.6. The molecule has 0 spiro atoms. The van der Waals surface area contributed by atoms with E-state index in [2.05, 4.69) is 79.8 Å². The van der Waals surface area contributed by atoms with E-state index in [0.29, 0.717) is 6.04 Å². The van der Waals surface area contributed by atoms with E-state index in [4.69, 9.17) is 4.99 Å². The van der Waals surface area contributed by atoms with Gasteiger partial charge in [0.2, 0.25) is 0 Å². The van der Waals surface area contributed by atoms with Gasteiger partial charge in [0.15, 0.2) is 5.96 Å². The van der Waals surface area contributed by atoms with Crippen LogP contribution in [-0.4, -0.2) is 48.4 Å². The smallest absolute Gasteiger partial charge is 0.191 e. The molecule has 1 atom stereocenters. The maximum atomic E-state index is 4.76. The molecule has 0 bridgehead atoms. The molecule has 1 aliphatic heterocycles. The Balaban J connectivity index is 0.00000280. The van der Waals surface area contributed by atoms with Gasteiger partial charge in [-0.3, -0.25) is 10.1 Å². The number of rotatable bonds is 7. The van der Waals surface area contributed by atoms with Crippen LogP contribution in [-0.2, 0) is 6.42 Å². The van der Waals surface area contributed by atoms with Crippen molar-refractivity contribution >= 4 is 51.6 Å². The quantitative estimate of drug-likeness (QED) is 0.208. The standard InChI is InChI=1S/C20H29BrN6.HI/c1-3-22-20(23-11-6-7-16-13-24-26-15(16)2)25-17-10-12-27(14-17)19-9-5-4-8-18(19)21;/h4-5,8-9,13,17H,3,6-7,10-12,14H2,1-2H3,(H,24,26)(H2,22,23,25);1H. The third-order valence-corrected chi connectivity index (χ3v) is 5.55. The van der Waals surface area contributed by atoms with Crippen LogP contribution in [0.5, 0.6) is 0 Å². The fourth-order valence-electron chi connectivity index (χ4n) is 3.41. The molecule has 1 unspecified atom stereocenters. The molecule has 1 fully saturated rings. The largest absolute Gasteiger partial charge is 0.368 e. The van der Waals surface area contributed by atoms with Crippen molar-refractivity contribution in [3.63, 3.8) is 0 Å². The summed E-state index contributed by atoms with van der Waals surface area (Å²) in [5.41, 5.74) is 3.70. The number of nitrogens with one attached hydrogen (secondary N) is 3. The first kappa shape index (κ1) is 23.0. The van der Waals surface area contributed by atoms with Gasteiger partial charge in [-0.25, -0.2) is 0 Å². The predicted molar refractivity (Wildman–Crippen MR) is 131 cm³/mol. The van der Waals surface area contributed by atoms with Crippen molar-refractivity contribution in [3.05, 3.63) is 46.2 Å². The van der Waals surface area contributed by atoms with E-state index < -0.39 is 0 Å². The van der Waals surface area contributed by atoms with Crippen molar-refractivity contribution in [2.24, 2.45) is 4.99 Å². The summed E-state index contributed by atoms with van der Waals surface area (Å²) in [5, 5.41) is 14.0. The van der Waals surface area contributed by atoms with Crippen LogP contribution in [0.25, 0.3) is 0 Å². The Morgan fingerprint density at radius 3 is 2.93 bits per heavy atom. The minimum atomic E-state index is 0. The zero-order chi connectivity index (χ0) is 19.1. The second-order valence-corrected chi connectivity index (χ2v) is 7.77. The van der Waals surface area contributed by atoms with Crippen LogP contribution in [0.2, 0.25) is 0 Å². The molecular formula is C20H30BrIN6. The highest BCUT2D eigenvalue weighted by molar-refractivity contribution is 14.0. The molecule has 0 radical (unpaired) electrons. The number of aryl methyl sites for hydroxylation is 2. The lowest BCUT2D eigenvalue weighted by Gasteiger charge is -2.21. The zero-order valence-corrected chi connectivity index (χ0v) is 20.5. The summed E-state index contributed by atoms with van der Waals surface area (Å²) in [6.45, 7) is 7.89. The number of aliphatic imine (C=N–C) groups is 1. The fraction of sp³-hybridized carbons (Fsp3) is 0.500. The van der Waals surface area contributed by atoms with E-state index in [9.17, 15) is 0 Å². The summed E-state index contributed by atoms with van der Waals surface area (Å²) >= 11 is 3.66. The minimum absolute atomic E-state index is 0. The molecule has 1 saturated heterocycles. The normalized spacial score (nSPS) is 16.8. The lowest BCUT2D eigenvalue weighted by molar-refractivity contribution is 0.647. The molecule has 0 aliphatic carbocycles. The number of hydrogen-bond acceptors (Lipinski definition) is 3. The molecule has 28 heavy (non-hydrogen) atoms. The van der Waals surface area contributed by atoms with Crippen molar-refractivity contribution in [2.45, 2.75) is 39.2 Å². The van der Waals surface area contributed by atoms with Gasteiger partial charge in [-0.15, -0.1) is 24.0 Å². The van der Waals surface area contributed by atoms with Gasteiger partial charge in [-0.1, -0.05) is 12.1 Å². The van der Waals surface area contributed by atoms with Crippen molar-refractivity contribution in [1.82, 2.24) is 20.8 Å². The molecule has 3 N–H and O–H groups in total. The summed E-state index contributed by atoms with van der Waals surface area (Å²) in [7, 11) is 0. The first-order valence-corrected chi connectivity index (χ1v) is 10.5. The Kier molecular flexibility index (Phi) is 9.57. The van der Waals surface area contributed by atoms with Crippen LogP contribution >= 0.6 is 39.9 Å². The maximum absolute atomic E-state index is 4.76. The lowest BCUT2D eigenvalue weighted by Crippen LogP contribution is -2.44. The number of aromatic amines is 1. The number of benzene rings is 1. The van der Waals surface area contributed by atoms with Crippen LogP contribution in [0.4, 0.5) is 5.69 Å². The number of para-hydroxylation sites is 1. The topological polar surface area (TPSA) is 68.3 Å². The molecule has 0 amide bonds. The van der Waals surface area contributed by atoms with E-state index in [1.165, 1.54) is 11.3 Å². The Hall–Kier alpha value is -1.29. The van der Waals surface area contributed by atoms with E-state index in [1.54, 1.807) is 0 Å². The van der Waals surface area contributed by atoms with E-state index in [0.717, 1.165) is 61.6 Å². The highest BCUT2D eigenvalue weighted by Crippen LogP contribution is 2.28. The van der Waals surface area contributed by atoms with Crippen LogP contribution in [0.15, 0.2) is 39.9 Å². The number of halogens is 2. The molecule has 6 nitrogen and oxygen atoms in total. The zero-order valence-electron chi connectivity index (χ0n) is 16.5. The van der Waals surface area contributed by atoms with Gasteiger partial charge in [-0.2, -0.15) is 5.10 Å². The first-order chi connectivity index (χ1) is 13.2. The van der Waals surface area contributed by atoms with Crippen molar-refractivity contribution in [1.29, 1.82) is 0 Å². The fourth-order valence-corrected chi connectivity index (χ4v) is 3.94. The third kappa shape index (κ3) is 6.37. The summed E-state index contributed by atoms with van der Waals surface area (Å²) in [5.74, 6) is 0.917. The molecule has 2 heterocycles. The molecular weight excluding hydrogens is 531 g/mol. The minimum Gasteiger partial charge on any atom is -0.368 e. The molecule has 2 aromatic rings. The monoisotopic (exact) mass is 560 g/mol. The van der Waals surface area contributed by atoms with Crippen molar-refractivity contribution < 1.29 is 0 Å². The van der Waals surface area contributed by atoms with Gasteiger partial charge in [0.25, 0.3) is 0 Å². The highest BCUT2D eigenvalue weighted by Gasteiger charge is 2.24. The number of aromatic nitrogens is 2. The summed E-state index contributed by atoms with van der Waals surface area (Å²) < 4.78 is 1.15. The van der Waals surface area contributed by atoms with Crippen LogP contribution in [0.1, 0.15) is 31.0 Å². The highest BCUT2D eigenvalue weighted by atomic mass is 127. The Morgan fingerprint density at radius 1 is 1.39 bits per heavy atom. The average molecular weight is 561 g/mol. The Labute approximate surface area is 193 Å². The molecule has 0 saturated carbocycles. The maximum Gasteiger partial charge on any atom is 0.191 e. The molecule has 1 aromatic carbocycles. The van der Waals surface area contributed by atoms with Crippen LogP contribution < -0.4 is 15.5 Å².